The van der Waals surface area contributed by atoms with E-state index in [1.165, 1.54) is 0 Å². The van der Waals surface area contributed by atoms with Gasteiger partial charge in [-0.25, -0.2) is 0 Å². The Labute approximate surface area is 99.8 Å². The maximum Gasteiger partial charge on any atom is 0.0822 e. The fourth-order valence-electron chi connectivity index (χ4n) is 2.33. The van der Waals surface area contributed by atoms with Crippen LogP contribution in [-0.4, -0.2) is 34.1 Å². The van der Waals surface area contributed by atoms with Crippen LogP contribution in [0.1, 0.15) is 54.9 Å². The van der Waals surface area contributed by atoms with Crippen LogP contribution in [0.4, 0.5) is 0 Å². The second-order valence-corrected chi connectivity index (χ2v) is 6.84. The van der Waals surface area contributed by atoms with Crippen LogP contribution in [-0.2, 0) is 4.74 Å². The highest BCUT2D eigenvalue weighted by Crippen LogP contribution is 2.35. The highest BCUT2D eigenvalue weighted by molar-refractivity contribution is 4.86. The molecule has 0 saturated carbocycles. The number of aliphatic hydroxyl groups excluding tert-OH is 2. The molecular weight excluding hydrogens is 204 g/mol. The van der Waals surface area contributed by atoms with Crippen LogP contribution in [0.25, 0.3) is 0 Å². The summed E-state index contributed by atoms with van der Waals surface area (Å²) in [5.74, 6) is 0. The summed E-state index contributed by atoms with van der Waals surface area (Å²) in [6, 6.07) is 0. The van der Waals surface area contributed by atoms with Gasteiger partial charge in [-0.15, -0.1) is 0 Å². The topological polar surface area (TPSA) is 49.7 Å². The average Bonchev–Trinajstić information content (AvgIpc) is 1.95. The summed E-state index contributed by atoms with van der Waals surface area (Å²) in [5, 5.41) is 18.8. The molecule has 0 spiro atoms. The first-order valence-electron chi connectivity index (χ1n) is 5.89. The average molecular weight is 232 g/mol. The number of hydrogen-bond donors (Lipinski definition) is 2. The van der Waals surface area contributed by atoms with Gasteiger partial charge in [0.2, 0.25) is 0 Å². The summed E-state index contributed by atoms with van der Waals surface area (Å²) < 4.78 is 5.96. The molecule has 3 nitrogen and oxygen atoms in total. The third kappa shape index (κ3) is 5.83. The van der Waals surface area contributed by atoms with Gasteiger partial charge < -0.3 is 14.9 Å². The van der Waals surface area contributed by atoms with E-state index in [0.717, 1.165) is 0 Å². The monoisotopic (exact) mass is 232 g/mol. The van der Waals surface area contributed by atoms with Crippen LogP contribution in [0.15, 0.2) is 0 Å². The summed E-state index contributed by atoms with van der Waals surface area (Å²) in [4.78, 5) is 0. The first-order chi connectivity index (χ1) is 6.90. The lowest BCUT2D eigenvalue weighted by Gasteiger charge is -2.41. The minimum absolute atomic E-state index is 0.205. The number of rotatable bonds is 5. The van der Waals surface area contributed by atoms with Crippen molar-refractivity contribution in [3.8, 4) is 0 Å². The second-order valence-electron chi connectivity index (χ2n) is 6.84. The number of aliphatic hydroxyl groups is 2. The van der Waals surface area contributed by atoms with Crippen molar-refractivity contribution in [3.63, 3.8) is 0 Å². The fourth-order valence-corrected chi connectivity index (χ4v) is 2.33. The third-order valence-corrected chi connectivity index (χ3v) is 2.54. The van der Waals surface area contributed by atoms with Gasteiger partial charge in [-0.1, -0.05) is 13.8 Å². The molecule has 1 unspecified atom stereocenters. The number of ether oxygens (including phenoxy) is 1. The van der Waals surface area contributed by atoms with Crippen molar-refractivity contribution in [3.05, 3.63) is 0 Å². The SMILES string of the molecule is CC(C)(C)OC(C)(C)CC(C)(C)C(O)CO. The maximum absolute atomic E-state index is 9.74. The predicted octanol–water partition coefficient (Wildman–Crippen LogP) is 2.35. The van der Waals surface area contributed by atoms with Crippen molar-refractivity contribution < 1.29 is 14.9 Å². The maximum atomic E-state index is 9.74. The molecule has 0 amide bonds. The van der Waals surface area contributed by atoms with E-state index in [2.05, 4.69) is 0 Å². The minimum atomic E-state index is -0.713. The lowest BCUT2D eigenvalue weighted by molar-refractivity contribution is -0.142. The quantitative estimate of drug-likeness (QED) is 0.765. The lowest BCUT2D eigenvalue weighted by Crippen LogP contribution is -2.43. The largest absolute Gasteiger partial charge is 0.394 e. The molecule has 0 heterocycles. The van der Waals surface area contributed by atoms with E-state index in [-0.39, 0.29) is 23.2 Å². The Kier molecular flexibility index (Phi) is 4.99. The van der Waals surface area contributed by atoms with Gasteiger partial charge in [-0.05, 0) is 46.5 Å². The van der Waals surface area contributed by atoms with E-state index < -0.39 is 6.10 Å². The minimum Gasteiger partial charge on any atom is -0.394 e. The number of hydrogen-bond acceptors (Lipinski definition) is 3. The van der Waals surface area contributed by atoms with Crippen molar-refractivity contribution in [1.82, 2.24) is 0 Å². The van der Waals surface area contributed by atoms with Crippen LogP contribution >= 0.6 is 0 Å². The summed E-state index contributed by atoms with van der Waals surface area (Å²) in [6.45, 7) is 13.8. The first kappa shape index (κ1) is 15.9. The van der Waals surface area contributed by atoms with E-state index >= 15 is 0 Å². The van der Waals surface area contributed by atoms with Crippen molar-refractivity contribution >= 4 is 0 Å². The van der Waals surface area contributed by atoms with Gasteiger partial charge in [0, 0.05) is 0 Å². The molecule has 0 aromatic rings. The Bertz CT molecular complexity index is 214. The van der Waals surface area contributed by atoms with Crippen molar-refractivity contribution in [2.24, 2.45) is 5.41 Å². The van der Waals surface area contributed by atoms with Crippen molar-refractivity contribution in [2.75, 3.05) is 6.61 Å². The van der Waals surface area contributed by atoms with E-state index in [4.69, 9.17) is 9.84 Å². The van der Waals surface area contributed by atoms with Gasteiger partial charge in [0.15, 0.2) is 0 Å². The van der Waals surface area contributed by atoms with E-state index in [0.29, 0.717) is 6.42 Å². The Balaban J connectivity index is 4.57. The Hall–Kier alpha value is -0.120. The van der Waals surface area contributed by atoms with Gasteiger partial charge in [-0.3, -0.25) is 0 Å². The normalized spacial score (nSPS) is 16.3. The molecule has 0 aromatic carbocycles. The molecule has 0 radical (unpaired) electrons. The molecule has 0 saturated heterocycles. The molecule has 0 aromatic heterocycles. The smallest absolute Gasteiger partial charge is 0.0822 e. The van der Waals surface area contributed by atoms with Gasteiger partial charge in [0.25, 0.3) is 0 Å². The molecule has 98 valence electrons. The Morgan fingerprint density at radius 2 is 1.44 bits per heavy atom. The van der Waals surface area contributed by atoms with Crippen LogP contribution in [0.3, 0.4) is 0 Å². The highest BCUT2D eigenvalue weighted by atomic mass is 16.5. The van der Waals surface area contributed by atoms with Gasteiger partial charge in [-0.2, -0.15) is 0 Å². The van der Waals surface area contributed by atoms with Crippen LogP contribution in [0.5, 0.6) is 0 Å². The highest BCUT2D eigenvalue weighted by Gasteiger charge is 2.36. The zero-order valence-corrected chi connectivity index (χ0v) is 11.8. The predicted molar refractivity (Wildman–Crippen MR) is 66.4 cm³/mol. The van der Waals surface area contributed by atoms with Gasteiger partial charge in [0.1, 0.15) is 0 Å². The van der Waals surface area contributed by atoms with Crippen molar-refractivity contribution in [1.29, 1.82) is 0 Å². The van der Waals surface area contributed by atoms with Gasteiger partial charge >= 0.3 is 0 Å². The van der Waals surface area contributed by atoms with Crippen LogP contribution in [0, 0.1) is 5.41 Å². The Morgan fingerprint density at radius 3 is 1.75 bits per heavy atom. The molecule has 3 heteroatoms. The standard InChI is InChI=1S/C13H28O3/c1-11(2,3)16-13(6,7)9-12(4,5)10(15)8-14/h10,14-15H,8-9H2,1-7H3. The van der Waals surface area contributed by atoms with Crippen molar-refractivity contribution in [2.45, 2.75) is 72.2 Å². The summed E-state index contributed by atoms with van der Waals surface area (Å²) in [7, 11) is 0. The molecule has 16 heavy (non-hydrogen) atoms. The molecular formula is C13H28O3. The van der Waals surface area contributed by atoms with Gasteiger partial charge in [0.05, 0.1) is 23.9 Å². The summed E-state index contributed by atoms with van der Waals surface area (Å²) in [6.07, 6.45) is -0.0192. The zero-order chi connectivity index (χ0) is 13.2. The Morgan fingerprint density at radius 1 is 1.00 bits per heavy atom. The van der Waals surface area contributed by atoms with E-state index in [1.807, 2.05) is 48.5 Å². The van der Waals surface area contributed by atoms with Crippen LogP contribution < -0.4 is 0 Å². The second kappa shape index (κ2) is 5.03. The molecule has 0 aliphatic heterocycles. The molecule has 0 aliphatic carbocycles. The summed E-state index contributed by atoms with van der Waals surface area (Å²) >= 11 is 0. The zero-order valence-electron chi connectivity index (χ0n) is 11.8. The molecule has 0 bridgehead atoms. The third-order valence-electron chi connectivity index (χ3n) is 2.54. The summed E-state index contributed by atoms with van der Waals surface area (Å²) in [5.41, 5.74) is -0.884. The van der Waals surface area contributed by atoms with E-state index in [1.54, 1.807) is 0 Å². The van der Waals surface area contributed by atoms with E-state index in [9.17, 15) is 5.11 Å². The lowest BCUT2D eigenvalue weighted by atomic mass is 9.77. The molecule has 0 rings (SSSR count). The molecule has 2 N–H and O–H groups in total. The molecule has 0 fully saturated rings. The van der Waals surface area contributed by atoms with Crippen LogP contribution in [0.2, 0.25) is 0 Å². The molecule has 0 aliphatic rings. The molecule has 1 atom stereocenters. The first-order valence-corrected chi connectivity index (χ1v) is 5.89. The fraction of sp³-hybridized carbons (Fsp3) is 1.00.